The molecular weight excluding hydrogens is 482 g/mol. The van der Waals surface area contributed by atoms with Gasteiger partial charge in [-0.3, -0.25) is 24.1 Å². The summed E-state index contributed by atoms with van der Waals surface area (Å²) in [6, 6.07) is 0. The Labute approximate surface area is 206 Å². The zero-order valence-corrected chi connectivity index (χ0v) is 20.5. The fourth-order valence-corrected chi connectivity index (χ4v) is 3.97. The molecule has 1 aromatic heterocycles. The predicted octanol–water partition coefficient (Wildman–Crippen LogP) is -0.553. The average molecular weight is 511 g/mol. The van der Waals surface area contributed by atoms with Gasteiger partial charge in [0.15, 0.2) is 24.5 Å². The van der Waals surface area contributed by atoms with Gasteiger partial charge in [-0.15, -0.1) is 5.10 Å². The summed E-state index contributed by atoms with van der Waals surface area (Å²) >= 11 is 0. The Kier molecular flexibility index (Phi) is 8.45. The van der Waals surface area contributed by atoms with Crippen LogP contribution in [0.5, 0.6) is 0 Å². The van der Waals surface area contributed by atoms with Crippen LogP contribution in [0, 0.1) is 0 Å². The van der Waals surface area contributed by atoms with Gasteiger partial charge >= 0.3 is 24.0 Å². The number of carbonyl (C=O) groups is 5. The highest BCUT2D eigenvalue weighted by atomic mass is 16.7. The molecule has 0 saturated carbocycles. The van der Waals surface area contributed by atoms with Crippen molar-refractivity contribution >= 4 is 29.9 Å². The Morgan fingerprint density at radius 1 is 1.03 bits per heavy atom. The van der Waals surface area contributed by atoms with Crippen molar-refractivity contribution in [2.75, 3.05) is 13.1 Å². The molecular formula is C21H29N5O10. The number of amides is 2. The van der Waals surface area contributed by atoms with Crippen LogP contribution >= 0.6 is 0 Å². The average Bonchev–Trinajstić information content (AvgIpc) is 3.37. The fraction of sp³-hybridized carbons (Fsp3) is 0.667. The third-order valence-corrected chi connectivity index (χ3v) is 5.35. The third-order valence-electron chi connectivity index (χ3n) is 5.35. The normalized spacial score (nSPS) is 27.7. The molecule has 198 valence electrons. The molecule has 2 aliphatic rings. The summed E-state index contributed by atoms with van der Waals surface area (Å²) in [6.07, 6.45) is -4.89. The molecule has 36 heavy (non-hydrogen) atoms. The highest BCUT2D eigenvalue weighted by molar-refractivity contribution is 5.73. The van der Waals surface area contributed by atoms with Gasteiger partial charge in [0.1, 0.15) is 11.8 Å². The van der Waals surface area contributed by atoms with Crippen molar-refractivity contribution in [3.63, 3.8) is 0 Å². The van der Waals surface area contributed by atoms with E-state index in [1.807, 2.05) is 0 Å². The number of esters is 3. The van der Waals surface area contributed by atoms with Crippen LogP contribution < -0.4 is 5.32 Å². The lowest BCUT2D eigenvalue weighted by atomic mass is 9.98. The lowest BCUT2D eigenvalue weighted by molar-refractivity contribution is -0.261. The van der Waals surface area contributed by atoms with Gasteiger partial charge in [0.05, 0.1) is 31.9 Å². The van der Waals surface area contributed by atoms with E-state index in [4.69, 9.17) is 23.7 Å². The fourth-order valence-electron chi connectivity index (χ4n) is 3.97. The molecule has 3 rings (SSSR count). The highest BCUT2D eigenvalue weighted by Gasteiger charge is 2.51. The van der Waals surface area contributed by atoms with E-state index in [1.165, 1.54) is 43.5 Å². The standard InChI is InChI=1S/C21H29N5O10/c1-10-17(33-12(3)28)18(34-13(4)29)19(35-14(5)30)20(32-10)26-8-15(23-24-26)7-25-9-16(36-21(25)31)6-22-11(2)27/h8,10,16-20H,6-7,9H2,1-5H3,(H,22,27)/t10-,16?,17+,18+,19-,20-/m0/s1. The lowest BCUT2D eigenvalue weighted by Gasteiger charge is -2.43. The van der Waals surface area contributed by atoms with Crippen LogP contribution in [0.15, 0.2) is 6.20 Å². The second-order valence-corrected chi connectivity index (χ2v) is 8.47. The van der Waals surface area contributed by atoms with Crippen molar-refractivity contribution in [2.24, 2.45) is 0 Å². The van der Waals surface area contributed by atoms with Crippen molar-refractivity contribution < 1.29 is 47.7 Å². The molecule has 3 heterocycles. The number of aromatic nitrogens is 3. The Morgan fingerprint density at radius 2 is 1.64 bits per heavy atom. The van der Waals surface area contributed by atoms with Crippen molar-refractivity contribution in [1.82, 2.24) is 25.2 Å². The molecule has 2 amide bonds. The molecule has 15 heteroatoms. The van der Waals surface area contributed by atoms with Gasteiger partial charge in [-0.25, -0.2) is 9.48 Å². The summed E-state index contributed by atoms with van der Waals surface area (Å²) in [5.41, 5.74) is 0.371. The maximum Gasteiger partial charge on any atom is 0.410 e. The number of hydrogen-bond acceptors (Lipinski definition) is 12. The molecule has 2 saturated heterocycles. The van der Waals surface area contributed by atoms with Crippen molar-refractivity contribution in [2.45, 2.75) is 77.9 Å². The minimum atomic E-state index is -1.22. The molecule has 1 aromatic rings. The molecule has 1 unspecified atom stereocenters. The van der Waals surface area contributed by atoms with Crippen LogP contribution in [0.25, 0.3) is 0 Å². The molecule has 1 N–H and O–H groups in total. The Balaban J connectivity index is 1.79. The first-order valence-electron chi connectivity index (χ1n) is 11.2. The first-order valence-corrected chi connectivity index (χ1v) is 11.2. The monoisotopic (exact) mass is 511 g/mol. The van der Waals surface area contributed by atoms with Crippen LogP contribution in [-0.4, -0.2) is 93.4 Å². The number of hydrogen-bond donors (Lipinski definition) is 1. The number of nitrogens with one attached hydrogen (secondary N) is 1. The van der Waals surface area contributed by atoms with Crippen LogP contribution in [0.1, 0.15) is 46.5 Å². The van der Waals surface area contributed by atoms with Crippen LogP contribution in [0.3, 0.4) is 0 Å². The minimum absolute atomic E-state index is 0.0549. The number of cyclic esters (lactones) is 1. The SMILES string of the molecule is CC(=O)NCC1CN(Cc2cn([C@H]3O[C@@H](C)[C@@H](OC(C)=O)[C@@H](OC(C)=O)[C@@H]3OC(C)=O)nn2)C(=O)O1. The summed E-state index contributed by atoms with van der Waals surface area (Å²) in [4.78, 5) is 60.0. The van der Waals surface area contributed by atoms with Crippen molar-refractivity contribution in [1.29, 1.82) is 0 Å². The number of nitrogens with zero attached hydrogens (tertiary/aromatic N) is 4. The lowest BCUT2D eigenvalue weighted by Crippen LogP contribution is -2.58. The maximum absolute atomic E-state index is 12.2. The summed E-state index contributed by atoms with van der Waals surface area (Å²) in [6.45, 7) is 6.98. The van der Waals surface area contributed by atoms with Crippen LogP contribution in [0.4, 0.5) is 4.79 Å². The zero-order valence-electron chi connectivity index (χ0n) is 20.5. The van der Waals surface area contributed by atoms with E-state index in [1.54, 1.807) is 6.92 Å². The van der Waals surface area contributed by atoms with E-state index in [9.17, 15) is 24.0 Å². The Morgan fingerprint density at radius 3 is 2.25 bits per heavy atom. The minimum Gasteiger partial charge on any atom is -0.456 e. The van der Waals surface area contributed by atoms with Gasteiger partial charge in [0.2, 0.25) is 5.91 Å². The van der Waals surface area contributed by atoms with E-state index in [0.29, 0.717) is 5.69 Å². The number of ether oxygens (including phenoxy) is 5. The van der Waals surface area contributed by atoms with E-state index in [0.717, 1.165) is 0 Å². The van der Waals surface area contributed by atoms with Gasteiger partial charge in [-0.05, 0) is 6.92 Å². The molecule has 0 spiro atoms. The molecule has 0 aliphatic carbocycles. The predicted molar refractivity (Wildman–Crippen MR) is 116 cm³/mol. The van der Waals surface area contributed by atoms with E-state index < -0.39 is 60.7 Å². The van der Waals surface area contributed by atoms with Gasteiger partial charge in [-0.1, -0.05) is 5.21 Å². The summed E-state index contributed by atoms with van der Waals surface area (Å²) in [5.74, 6) is -2.24. The maximum atomic E-state index is 12.2. The van der Waals surface area contributed by atoms with Gasteiger partial charge in [-0.2, -0.15) is 0 Å². The number of carbonyl (C=O) groups excluding carboxylic acids is 5. The van der Waals surface area contributed by atoms with Gasteiger partial charge < -0.3 is 29.0 Å². The molecule has 2 aliphatic heterocycles. The first-order chi connectivity index (χ1) is 16.9. The van der Waals surface area contributed by atoms with Crippen molar-refractivity contribution in [3.8, 4) is 0 Å². The second kappa shape index (κ2) is 11.3. The summed E-state index contributed by atoms with van der Waals surface area (Å²) < 4.78 is 28.6. The Hall–Kier alpha value is -3.75. The molecule has 6 atom stereocenters. The van der Waals surface area contributed by atoms with Gasteiger partial charge in [0.25, 0.3) is 0 Å². The summed E-state index contributed by atoms with van der Waals surface area (Å²) in [5, 5.41) is 10.7. The molecule has 0 aromatic carbocycles. The van der Waals surface area contributed by atoms with E-state index >= 15 is 0 Å². The quantitative estimate of drug-likeness (QED) is 0.348. The molecule has 2 fully saturated rings. The molecule has 15 nitrogen and oxygen atoms in total. The van der Waals surface area contributed by atoms with Crippen molar-refractivity contribution in [3.05, 3.63) is 11.9 Å². The summed E-state index contributed by atoms with van der Waals surface area (Å²) in [7, 11) is 0. The molecule has 0 radical (unpaired) electrons. The highest BCUT2D eigenvalue weighted by Crippen LogP contribution is 2.34. The van der Waals surface area contributed by atoms with Crippen LogP contribution in [-0.2, 0) is 49.4 Å². The second-order valence-electron chi connectivity index (χ2n) is 8.47. The topological polar surface area (TPSA) is 177 Å². The van der Waals surface area contributed by atoms with E-state index in [2.05, 4.69) is 15.6 Å². The van der Waals surface area contributed by atoms with Crippen LogP contribution in [0.2, 0.25) is 0 Å². The van der Waals surface area contributed by atoms with Gasteiger partial charge in [0, 0.05) is 27.7 Å². The number of rotatable bonds is 8. The molecule has 0 bridgehead atoms. The third kappa shape index (κ3) is 6.68. The Bertz CT molecular complexity index is 1010. The largest absolute Gasteiger partial charge is 0.456 e. The first kappa shape index (κ1) is 26.8. The smallest absolute Gasteiger partial charge is 0.410 e. The van der Waals surface area contributed by atoms with E-state index in [-0.39, 0.29) is 25.5 Å². The zero-order chi connectivity index (χ0) is 26.6.